The van der Waals surface area contributed by atoms with Crippen molar-refractivity contribution in [1.29, 1.82) is 5.26 Å². The molecule has 27 heavy (non-hydrogen) atoms. The van der Waals surface area contributed by atoms with Crippen LogP contribution in [0, 0.1) is 16.7 Å². The van der Waals surface area contributed by atoms with Gasteiger partial charge in [0.05, 0.1) is 17.6 Å². The first-order chi connectivity index (χ1) is 13.1. The molecule has 3 fully saturated rings. The number of carbonyl (C=O) groups excluding carboxylic acids is 1. The Labute approximate surface area is 158 Å². The van der Waals surface area contributed by atoms with Gasteiger partial charge in [-0.2, -0.15) is 5.26 Å². The molecule has 2 saturated heterocycles. The van der Waals surface area contributed by atoms with Crippen molar-refractivity contribution in [3.8, 4) is 6.07 Å². The number of rotatable bonds is 2. The van der Waals surface area contributed by atoms with Crippen molar-refractivity contribution in [2.24, 2.45) is 21.1 Å². The van der Waals surface area contributed by atoms with Gasteiger partial charge in [-0.15, -0.1) is 0 Å². The van der Waals surface area contributed by atoms with Crippen LogP contribution in [0.15, 0.2) is 32.9 Å². The number of fused-ring (bicyclic) bond motifs is 1. The zero-order valence-corrected chi connectivity index (χ0v) is 15.4. The summed E-state index contributed by atoms with van der Waals surface area (Å²) in [5.41, 5.74) is 8.83. The number of likely N-dealkylation sites (tertiary alicyclic amines) is 2. The lowest BCUT2D eigenvalue weighted by Gasteiger charge is -2.49. The second-order valence-corrected chi connectivity index (χ2v) is 8.46. The first-order valence-electron chi connectivity index (χ1n) is 9.86. The SMILES string of the molecule is N#CC1=C(N2CCC3(CCC3)CC2)C2=CC(N3CC(N)C3)N=CC2=NC1=O. The molecular formula is C20H24N6O. The molecule has 4 aliphatic heterocycles. The Morgan fingerprint density at radius 1 is 1.22 bits per heavy atom. The van der Waals surface area contributed by atoms with E-state index in [2.05, 4.69) is 31.9 Å². The average molecular weight is 364 g/mol. The van der Waals surface area contributed by atoms with Crippen molar-refractivity contribution >= 4 is 17.8 Å². The third kappa shape index (κ3) is 2.67. The number of allylic oxidation sites excluding steroid dienone is 1. The minimum Gasteiger partial charge on any atom is -0.370 e. The van der Waals surface area contributed by atoms with Crippen molar-refractivity contribution < 1.29 is 4.79 Å². The molecule has 5 aliphatic rings. The fourth-order valence-corrected chi connectivity index (χ4v) is 4.96. The highest BCUT2D eigenvalue weighted by atomic mass is 16.1. The van der Waals surface area contributed by atoms with E-state index in [9.17, 15) is 10.1 Å². The number of amides is 1. The summed E-state index contributed by atoms with van der Waals surface area (Å²) < 4.78 is 0. The maximum absolute atomic E-state index is 12.4. The third-order valence-electron chi connectivity index (χ3n) is 6.85. The number of nitrogens with two attached hydrogens (primary N) is 1. The summed E-state index contributed by atoms with van der Waals surface area (Å²) in [7, 11) is 0. The second kappa shape index (κ2) is 6.11. The Bertz CT molecular complexity index is 840. The monoisotopic (exact) mass is 364 g/mol. The number of piperidine rings is 1. The van der Waals surface area contributed by atoms with Gasteiger partial charge >= 0.3 is 0 Å². The Hall–Kier alpha value is -2.30. The van der Waals surface area contributed by atoms with E-state index >= 15 is 0 Å². The summed E-state index contributed by atoms with van der Waals surface area (Å²) in [5, 5.41) is 9.67. The highest BCUT2D eigenvalue weighted by Gasteiger charge is 2.42. The van der Waals surface area contributed by atoms with E-state index in [1.165, 1.54) is 19.3 Å². The van der Waals surface area contributed by atoms with E-state index < -0.39 is 5.91 Å². The number of aliphatic imine (C=N–C) groups is 2. The topological polar surface area (TPSA) is 98.1 Å². The van der Waals surface area contributed by atoms with Gasteiger partial charge in [-0.05, 0) is 37.2 Å². The molecule has 0 aromatic heterocycles. The molecule has 4 heterocycles. The smallest absolute Gasteiger partial charge is 0.290 e. The van der Waals surface area contributed by atoms with Gasteiger partial charge in [-0.25, -0.2) is 4.99 Å². The van der Waals surface area contributed by atoms with Crippen LogP contribution in [0.2, 0.25) is 0 Å². The molecule has 1 amide bonds. The summed E-state index contributed by atoms with van der Waals surface area (Å²) in [5.74, 6) is -0.445. The molecule has 0 aromatic rings. The van der Waals surface area contributed by atoms with Crippen LogP contribution in [-0.2, 0) is 4.79 Å². The molecular weight excluding hydrogens is 340 g/mol. The average Bonchev–Trinajstić information content (AvgIpc) is 2.63. The molecule has 1 aliphatic carbocycles. The molecule has 0 aromatic carbocycles. The Morgan fingerprint density at radius 2 is 1.96 bits per heavy atom. The lowest BCUT2D eigenvalue weighted by molar-refractivity contribution is -0.114. The fourth-order valence-electron chi connectivity index (χ4n) is 4.96. The van der Waals surface area contributed by atoms with E-state index in [1.54, 1.807) is 6.21 Å². The second-order valence-electron chi connectivity index (χ2n) is 8.46. The van der Waals surface area contributed by atoms with E-state index in [1.807, 2.05) is 0 Å². The fraction of sp³-hybridized carbons (Fsp3) is 0.600. The first kappa shape index (κ1) is 16.8. The molecule has 1 atom stereocenters. The van der Waals surface area contributed by atoms with Crippen LogP contribution in [0.1, 0.15) is 32.1 Å². The van der Waals surface area contributed by atoms with Crippen molar-refractivity contribution in [2.75, 3.05) is 26.2 Å². The van der Waals surface area contributed by atoms with E-state index in [0.29, 0.717) is 11.1 Å². The van der Waals surface area contributed by atoms with Gasteiger partial charge in [0.25, 0.3) is 5.91 Å². The van der Waals surface area contributed by atoms with E-state index in [-0.39, 0.29) is 17.8 Å². The Kier molecular flexibility index (Phi) is 3.81. The molecule has 7 heteroatoms. The quantitative estimate of drug-likeness (QED) is 0.788. The van der Waals surface area contributed by atoms with Crippen molar-refractivity contribution in [2.45, 2.75) is 44.3 Å². The summed E-state index contributed by atoms with van der Waals surface area (Å²) in [6.07, 6.45) is 9.91. The van der Waals surface area contributed by atoms with Gasteiger partial charge in [0.15, 0.2) is 0 Å². The largest absolute Gasteiger partial charge is 0.370 e. The number of hydrogen-bond donors (Lipinski definition) is 1. The predicted molar refractivity (Wildman–Crippen MR) is 102 cm³/mol. The molecule has 1 saturated carbocycles. The summed E-state index contributed by atoms with van der Waals surface area (Å²) in [6.45, 7) is 3.42. The van der Waals surface area contributed by atoms with Crippen LogP contribution in [0.25, 0.3) is 0 Å². The van der Waals surface area contributed by atoms with Crippen LogP contribution in [0.3, 0.4) is 0 Å². The minimum atomic E-state index is -0.445. The van der Waals surface area contributed by atoms with Gasteiger partial charge in [0.1, 0.15) is 17.8 Å². The normalized spacial score (nSPS) is 30.3. The van der Waals surface area contributed by atoms with E-state index in [0.717, 1.165) is 50.3 Å². The molecule has 7 nitrogen and oxygen atoms in total. The highest BCUT2D eigenvalue weighted by molar-refractivity contribution is 6.43. The molecule has 0 bridgehead atoms. The van der Waals surface area contributed by atoms with Crippen molar-refractivity contribution in [3.05, 3.63) is 22.9 Å². The third-order valence-corrected chi connectivity index (χ3v) is 6.85. The lowest BCUT2D eigenvalue weighted by atomic mass is 9.63. The standard InChI is InChI=1S/C20H24N6O/c21-9-15-18(25-6-4-20(5-7-25)2-1-3-20)14-8-17(26-11-13(22)12-26)23-10-16(14)24-19(15)27/h8,10,13,17H,1-7,11-12,22H2. The van der Waals surface area contributed by atoms with Crippen LogP contribution in [0.4, 0.5) is 0 Å². The summed E-state index contributed by atoms with van der Waals surface area (Å²) in [6, 6.07) is 2.33. The van der Waals surface area contributed by atoms with Gasteiger partial charge in [0.2, 0.25) is 0 Å². The number of nitriles is 1. The van der Waals surface area contributed by atoms with Gasteiger partial charge in [0, 0.05) is 37.8 Å². The molecule has 140 valence electrons. The van der Waals surface area contributed by atoms with Gasteiger partial charge in [-0.1, -0.05) is 6.42 Å². The lowest BCUT2D eigenvalue weighted by Crippen LogP contribution is -2.59. The maximum Gasteiger partial charge on any atom is 0.290 e. The Morgan fingerprint density at radius 3 is 2.56 bits per heavy atom. The van der Waals surface area contributed by atoms with Crippen LogP contribution in [0.5, 0.6) is 0 Å². The van der Waals surface area contributed by atoms with Crippen LogP contribution < -0.4 is 5.73 Å². The zero-order chi connectivity index (χ0) is 18.6. The number of dihydropyridines is 2. The summed E-state index contributed by atoms with van der Waals surface area (Å²) >= 11 is 0. The molecule has 0 radical (unpaired) electrons. The minimum absolute atomic E-state index is 0.0929. The Balaban J connectivity index is 1.46. The van der Waals surface area contributed by atoms with E-state index in [4.69, 9.17) is 5.73 Å². The van der Waals surface area contributed by atoms with Gasteiger partial charge in [-0.3, -0.25) is 14.7 Å². The van der Waals surface area contributed by atoms with Crippen LogP contribution >= 0.6 is 0 Å². The first-order valence-corrected chi connectivity index (χ1v) is 9.86. The molecule has 5 rings (SSSR count). The number of carbonyl (C=O) groups is 1. The zero-order valence-electron chi connectivity index (χ0n) is 15.4. The van der Waals surface area contributed by atoms with Crippen molar-refractivity contribution in [3.63, 3.8) is 0 Å². The summed E-state index contributed by atoms with van der Waals surface area (Å²) in [4.78, 5) is 25.5. The van der Waals surface area contributed by atoms with Crippen molar-refractivity contribution in [1.82, 2.24) is 9.80 Å². The van der Waals surface area contributed by atoms with Crippen LogP contribution in [-0.4, -0.2) is 66.0 Å². The number of nitrogens with zero attached hydrogens (tertiary/aromatic N) is 5. The predicted octanol–water partition coefficient (Wildman–Crippen LogP) is 0.991. The maximum atomic E-state index is 12.4. The molecule has 1 unspecified atom stereocenters. The van der Waals surface area contributed by atoms with Gasteiger partial charge < -0.3 is 10.6 Å². The highest BCUT2D eigenvalue weighted by Crippen LogP contribution is 2.49. The number of hydrogen-bond acceptors (Lipinski definition) is 6. The molecule has 1 spiro atoms. The molecule has 2 N–H and O–H groups in total.